The van der Waals surface area contributed by atoms with Gasteiger partial charge in [0, 0.05) is 23.8 Å². The molecule has 2 heterocycles. The van der Waals surface area contributed by atoms with Crippen molar-refractivity contribution in [3.8, 4) is 11.3 Å². The van der Waals surface area contributed by atoms with Gasteiger partial charge in [-0.2, -0.15) is 13.2 Å². The predicted octanol–water partition coefficient (Wildman–Crippen LogP) is 2.89. The molecular formula is C25H26F3N7O4. The van der Waals surface area contributed by atoms with Gasteiger partial charge in [-0.25, -0.2) is 9.78 Å². The van der Waals surface area contributed by atoms with E-state index in [2.05, 4.69) is 31.3 Å². The Labute approximate surface area is 220 Å². The summed E-state index contributed by atoms with van der Waals surface area (Å²) in [7, 11) is 0. The van der Waals surface area contributed by atoms with Gasteiger partial charge in [-0.3, -0.25) is 19.5 Å². The Morgan fingerprint density at radius 1 is 1.18 bits per heavy atom. The zero-order chi connectivity index (χ0) is 28.3. The average Bonchev–Trinajstić information content (AvgIpc) is 3.30. The first kappa shape index (κ1) is 27.4. The third kappa shape index (κ3) is 6.65. The lowest BCUT2D eigenvalue weighted by Crippen LogP contribution is -2.35. The summed E-state index contributed by atoms with van der Waals surface area (Å²) in [5.41, 5.74) is 7.87. The van der Waals surface area contributed by atoms with E-state index in [0.29, 0.717) is 0 Å². The van der Waals surface area contributed by atoms with Crippen LogP contribution in [0.3, 0.4) is 0 Å². The number of nitrogen functional groups attached to an aromatic ring is 1. The van der Waals surface area contributed by atoms with E-state index in [4.69, 9.17) is 5.73 Å². The van der Waals surface area contributed by atoms with Crippen LogP contribution in [-0.2, 0) is 28.9 Å². The Morgan fingerprint density at radius 3 is 2.51 bits per heavy atom. The van der Waals surface area contributed by atoms with Gasteiger partial charge in [0.25, 0.3) is 5.56 Å². The maximum Gasteiger partial charge on any atom is 0.427 e. The zero-order valence-electron chi connectivity index (χ0n) is 20.9. The smallest absolute Gasteiger partial charge is 0.399 e. The van der Waals surface area contributed by atoms with Gasteiger partial charge >= 0.3 is 12.3 Å². The second kappa shape index (κ2) is 11.0. The molecule has 3 aromatic rings. The van der Waals surface area contributed by atoms with E-state index >= 15 is 0 Å². The molecule has 0 radical (unpaired) electrons. The highest BCUT2D eigenvalue weighted by Gasteiger charge is 2.31. The van der Waals surface area contributed by atoms with E-state index in [9.17, 15) is 27.6 Å². The standard InChI is InChI=1S/C25H26F3N7O4/c1-13(2)32-22-23(37)35(19(11-31-22)16-7-17(25(26,27)28)9-18(29)8-16)12-20(36)30-10-14-3-5-15(6-4-14)21-33-24(38)39-34-21/h3-9,11,13,21,34H,10,12,29H2,1-2H3,(H,30,36)(H,31,32)(H,33,38). The molecule has 1 saturated heterocycles. The van der Waals surface area contributed by atoms with Crippen LogP contribution in [0.15, 0.2) is 53.5 Å². The molecule has 1 atom stereocenters. The molecule has 39 heavy (non-hydrogen) atoms. The highest BCUT2D eigenvalue weighted by Crippen LogP contribution is 2.34. The molecule has 1 aromatic heterocycles. The van der Waals surface area contributed by atoms with Crippen molar-refractivity contribution in [2.24, 2.45) is 0 Å². The number of aromatic nitrogens is 2. The van der Waals surface area contributed by atoms with Crippen molar-refractivity contribution in [3.63, 3.8) is 0 Å². The van der Waals surface area contributed by atoms with Crippen LogP contribution in [0.5, 0.6) is 0 Å². The Balaban J connectivity index is 1.57. The molecule has 2 amide bonds. The number of hydroxylamine groups is 1. The number of hydrogen-bond donors (Lipinski definition) is 5. The lowest BCUT2D eigenvalue weighted by Gasteiger charge is -2.17. The molecule has 4 rings (SSSR count). The van der Waals surface area contributed by atoms with Crippen molar-refractivity contribution < 1.29 is 27.6 Å². The number of carbonyl (C=O) groups is 2. The van der Waals surface area contributed by atoms with Gasteiger partial charge in [0.1, 0.15) is 12.7 Å². The largest absolute Gasteiger partial charge is 0.427 e. The number of carbonyl (C=O) groups excluding carboxylic acids is 2. The number of nitrogens with one attached hydrogen (secondary N) is 4. The second-order valence-electron chi connectivity index (χ2n) is 9.13. The van der Waals surface area contributed by atoms with Gasteiger partial charge in [-0.05, 0) is 43.2 Å². The minimum atomic E-state index is -4.67. The summed E-state index contributed by atoms with van der Waals surface area (Å²) in [5, 5.41) is 8.15. The molecule has 1 unspecified atom stereocenters. The summed E-state index contributed by atoms with van der Waals surface area (Å²) in [6.07, 6.45) is -4.54. The normalized spacial score (nSPS) is 15.1. The number of benzene rings is 2. The lowest BCUT2D eigenvalue weighted by molar-refractivity contribution is -0.137. The first-order valence-electron chi connectivity index (χ1n) is 11.8. The zero-order valence-corrected chi connectivity index (χ0v) is 20.9. The second-order valence-corrected chi connectivity index (χ2v) is 9.13. The third-order valence-corrected chi connectivity index (χ3v) is 5.69. The maximum absolute atomic E-state index is 13.4. The quantitative estimate of drug-likeness (QED) is 0.271. The van der Waals surface area contributed by atoms with Crippen LogP contribution >= 0.6 is 0 Å². The van der Waals surface area contributed by atoms with Crippen LogP contribution in [0.25, 0.3) is 11.3 Å². The van der Waals surface area contributed by atoms with E-state index in [1.807, 2.05) is 0 Å². The average molecular weight is 546 g/mol. The van der Waals surface area contributed by atoms with E-state index in [-0.39, 0.29) is 35.3 Å². The summed E-state index contributed by atoms with van der Waals surface area (Å²) in [5.74, 6) is -0.601. The monoisotopic (exact) mass is 545 g/mol. The molecule has 14 heteroatoms. The fourth-order valence-corrected chi connectivity index (χ4v) is 3.88. The van der Waals surface area contributed by atoms with Crippen molar-refractivity contribution in [2.75, 3.05) is 11.1 Å². The van der Waals surface area contributed by atoms with Gasteiger partial charge in [0.15, 0.2) is 5.82 Å². The minimum absolute atomic E-state index is 0.0000568. The number of hydrogen-bond acceptors (Lipinski definition) is 8. The number of anilines is 2. The molecule has 0 spiro atoms. The van der Waals surface area contributed by atoms with Crippen LogP contribution in [0.4, 0.5) is 29.5 Å². The Hall–Kier alpha value is -4.59. The van der Waals surface area contributed by atoms with Gasteiger partial charge < -0.3 is 21.2 Å². The van der Waals surface area contributed by atoms with Crippen molar-refractivity contribution in [1.82, 2.24) is 25.7 Å². The van der Waals surface area contributed by atoms with Gasteiger partial charge in [-0.1, -0.05) is 24.3 Å². The Kier molecular flexibility index (Phi) is 7.76. The summed E-state index contributed by atoms with van der Waals surface area (Å²) >= 11 is 0. The van der Waals surface area contributed by atoms with Crippen molar-refractivity contribution >= 4 is 23.5 Å². The number of rotatable bonds is 8. The summed E-state index contributed by atoms with van der Waals surface area (Å²) in [6, 6.07) is 9.71. The highest BCUT2D eigenvalue weighted by atomic mass is 19.4. The van der Waals surface area contributed by atoms with Crippen LogP contribution in [0.2, 0.25) is 0 Å². The van der Waals surface area contributed by atoms with Crippen LogP contribution in [0, 0.1) is 0 Å². The van der Waals surface area contributed by atoms with Crippen LogP contribution in [0.1, 0.15) is 36.7 Å². The topological polar surface area (TPSA) is 152 Å². The molecule has 0 bridgehead atoms. The molecule has 2 aromatic carbocycles. The predicted molar refractivity (Wildman–Crippen MR) is 136 cm³/mol. The van der Waals surface area contributed by atoms with Gasteiger partial charge in [0.2, 0.25) is 5.91 Å². The van der Waals surface area contributed by atoms with Crippen molar-refractivity contribution in [1.29, 1.82) is 0 Å². The first-order chi connectivity index (χ1) is 18.4. The van der Waals surface area contributed by atoms with Crippen molar-refractivity contribution in [3.05, 3.63) is 75.7 Å². The molecule has 1 aliphatic heterocycles. The minimum Gasteiger partial charge on any atom is -0.399 e. The third-order valence-electron chi connectivity index (χ3n) is 5.69. The van der Waals surface area contributed by atoms with E-state index in [1.54, 1.807) is 38.1 Å². The molecule has 206 valence electrons. The number of halogens is 3. The fraction of sp³-hybridized carbons (Fsp3) is 0.280. The van der Waals surface area contributed by atoms with Crippen LogP contribution < -0.4 is 32.7 Å². The Morgan fingerprint density at radius 2 is 1.90 bits per heavy atom. The van der Waals surface area contributed by atoms with E-state index in [1.165, 1.54) is 12.3 Å². The highest BCUT2D eigenvalue weighted by molar-refractivity contribution is 5.77. The molecule has 0 aliphatic carbocycles. The molecule has 0 saturated carbocycles. The molecule has 1 fully saturated rings. The van der Waals surface area contributed by atoms with Crippen LogP contribution in [-0.4, -0.2) is 27.6 Å². The maximum atomic E-state index is 13.4. The lowest BCUT2D eigenvalue weighted by atomic mass is 10.1. The van der Waals surface area contributed by atoms with E-state index < -0.39 is 42.0 Å². The van der Waals surface area contributed by atoms with Gasteiger partial charge in [-0.15, -0.1) is 5.48 Å². The van der Waals surface area contributed by atoms with E-state index in [0.717, 1.165) is 27.8 Å². The molecule has 1 aliphatic rings. The molecule has 11 nitrogen and oxygen atoms in total. The number of nitrogens with zero attached hydrogens (tertiary/aromatic N) is 2. The summed E-state index contributed by atoms with van der Waals surface area (Å²) in [4.78, 5) is 46.0. The Bertz CT molecular complexity index is 1440. The molecule has 6 N–H and O–H groups in total. The number of amides is 2. The first-order valence-corrected chi connectivity index (χ1v) is 11.8. The fourth-order valence-electron chi connectivity index (χ4n) is 3.88. The summed E-state index contributed by atoms with van der Waals surface area (Å²) < 4.78 is 41.3. The number of alkyl halides is 3. The van der Waals surface area contributed by atoms with Crippen molar-refractivity contribution in [2.45, 2.75) is 45.3 Å². The molecular weight excluding hydrogens is 519 g/mol. The SMILES string of the molecule is CC(C)Nc1ncc(-c2cc(N)cc(C(F)(F)F)c2)n(CC(=O)NCc2ccc(C3NOC(=O)N3)cc2)c1=O. The summed E-state index contributed by atoms with van der Waals surface area (Å²) in [6.45, 7) is 3.21. The number of nitrogens with two attached hydrogens (primary N) is 1. The van der Waals surface area contributed by atoms with Gasteiger partial charge in [0.05, 0.1) is 17.5 Å².